The van der Waals surface area contributed by atoms with Crippen molar-refractivity contribution in [3.63, 3.8) is 0 Å². The van der Waals surface area contributed by atoms with E-state index < -0.39 is 10.0 Å². The number of sulfonamides is 1. The highest BCUT2D eigenvalue weighted by atomic mass is 32.2. The van der Waals surface area contributed by atoms with Crippen LogP contribution < -0.4 is 4.72 Å². The molecule has 2 N–H and O–H groups in total. The first-order valence-electron chi connectivity index (χ1n) is 6.73. The summed E-state index contributed by atoms with van der Waals surface area (Å²) >= 11 is 0. The smallest absolute Gasteiger partial charge is 0.243 e. The lowest BCUT2D eigenvalue weighted by Crippen LogP contribution is -2.24. The fourth-order valence-electron chi connectivity index (χ4n) is 1.68. The van der Waals surface area contributed by atoms with Gasteiger partial charge in [0.2, 0.25) is 10.0 Å². The standard InChI is InChI=1S/C12H23N3O3S/c1-2-3-4-5-7-14-19(17,18)12-10-13-15(11-12)8-6-9-16/h10-11,14,16H,2-9H2,1H3. The van der Waals surface area contributed by atoms with Gasteiger partial charge in [-0.25, -0.2) is 13.1 Å². The molecule has 0 bridgehead atoms. The van der Waals surface area contributed by atoms with E-state index in [1.54, 1.807) is 0 Å². The Morgan fingerprint density at radius 2 is 2.11 bits per heavy atom. The fourth-order valence-corrected chi connectivity index (χ4v) is 2.71. The van der Waals surface area contributed by atoms with Crippen LogP contribution in [0.4, 0.5) is 0 Å². The molecule has 0 aromatic carbocycles. The van der Waals surface area contributed by atoms with E-state index in [0.717, 1.165) is 25.7 Å². The summed E-state index contributed by atoms with van der Waals surface area (Å²) in [6, 6.07) is 0. The van der Waals surface area contributed by atoms with Gasteiger partial charge in [0.25, 0.3) is 0 Å². The molecular formula is C12H23N3O3S. The highest BCUT2D eigenvalue weighted by Crippen LogP contribution is 2.07. The van der Waals surface area contributed by atoms with E-state index in [1.807, 2.05) is 0 Å². The van der Waals surface area contributed by atoms with Gasteiger partial charge in [0.15, 0.2) is 0 Å². The minimum absolute atomic E-state index is 0.0671. The van der Waals surface area contributed by atoms with Crippen molar-refractivity contribution >= 4 is 10.0 Å². The van der Waals surface area contributed by atoms with Crippen LogP contribution in [0.2, 0.25) is 0 Å². The number of aliphatic hydroxyl groups excluding tert-OH is 1. The largest absolute Gasteiger partial charge is 0.396 e. The highest BCUT2D eigenvalue weighted by molar-refractivity contribution is 7.89. The van der Waals surface area contributed by atoms with Gasteiger partial charge in [-0.1, -0.05) is 26.2 Å². The first kappa shape index (κ1) is 16.1. The average molecular weight is 289 g/mol. The summed E-state index contributed by atoms with van der Waals surface area (Å²) < 4.78 is 28.0. The molecule has 0 amide bonds. The van der Waals surface area contributed by atoms with E-state index in [9.17, 15) is 8.42 Å². The molecule has 0 fully saturated rings. The number of aryl methyl sites for hydroxylation is 1. The average Bonchev–Trinajstić information content (AvgIpc) is 2.85. The molecule has 0 saturated heterocycles. The quantitative estimate of drug-likeness (QED) is 0.632. The van der Waals surface area contributed by atoms with Gasteiger partial charge in [0, 0.05) is 25.9 Å². The van der Waals surface area contributed by atoms with E-state index >= 15 is 0 Å². The fraction of sp³-hybridized carbons (Fsp3) is 0.750. The van der Waals surface area contributed by atoms with Crippen molar-refractivity contribution in [2.75, 3.05) is 13.2 Å². The van der Waals surface area contributed by atoms with Gasteiger partial charge in [0.05, 0.1) is 6.20 Å². The second kappa shape index (κ2) is 8.29. The van der Waals surface area contributed by atoms with Crippen LogP contribution in [0.1, 0.15) is 39.0 Å². The molecule has 110 valence electrons. The van der Waals surface area contributed by atoms with E-state index in [0.29, 0.717) is 19.5 Å². The van der Waals surface area contributed by atoms with Gasteiger partial charge < -0.3 is 5.11 Å². The number of hydrogen-bond donors (Lipinski definition) is 2. The molecule has 0 atom stereocenters. The van der Waals surface area contributed by atoms with Gasteiger partial charge in [-0.3, -0.25) is 4.68 Å². The van der Waals surface area contributed by atoms with Crippen molar-refractivity contribution < 1.29 is 13.5 Å². The van der Waals surface area contributed by atoms with Crippen LogP contribution in [0, 0.1) is 0 Å². The lowest BCUT2D eigenvalue weighted by Gasteiger charge is -2.04. The van der Waals surface area contributed by atoms with E-state index in [4.69, 9.17) is 5.11 Å². The Labute approximate surface area is 114 Å². The lowest BCUT2D eigenvalue weighted by molar-refractivity contribution is 0.277. The van der Waals surface area contributed by atoms with Crippen molar-refractivity contribution in [3.8, 4) is 0 Å². The van der Waals surface area contributed by atoms with E-state index in [2.05, 4.69) is 16.7 Å². The van der Waals surface area contributed by atoms with Gasteiger partial charge >= 0.3 is 0 Å². The topological polar surface area (TPSA) is 84.2 Å². The minimum Gasteiger partial charge on any atom is -0.396 e. The molecule has 19 heavy (non-hydrogen) atoms. The SMILES string of the molecule is CCCCCCNS(=O)(=O)c1cnn(CCCO)c1. The van der Waals surface area contributed by atoms with Gasteiger partial charge in [-0.2, -0.15) is 5.10 Å². The summed E-state index contributed by atoms with van der Waals surface area (Å²) in [5.41, 5.74) is 0. The van der Waals surface area contributed by atoms with Crippen molar-refractivity contribution in [2.45, 2.75) is 50.5 Å². The number of nitrogens with zero attached hydrogens (tertiary/aromatic N) is 2. The van der Waals surface area contributed by atoms with Crippen LogP contribution in [0.5, 0.6) is 0 Å². The molecular weight excluding hydrogens is 266 g/mol. The molecule has 7 heteroatoms. The molecule has 0 unspecified atom stereocenters. The number of aliphatic hydroxyl groups is 1. The number of aromatic nitrogens is 2. The summed E-state index contributed by atoms with van der Waals surface area (Å²) in [6.45, 7) is 3.16. The first-order valence-corrected chi connectivity index (χ1v) is 8.21. The molecule has 0 aliphatic carbocycles. The molecule has 1 heterocycles. The van der Waals surface area contributed by atoms with Crippen molar-refractivity contribution in [3.05, 3.63) is 12.4 Å². The molecule has 0 aliphatic rings. The minimum atomic E-state index is -3.45. The zero-order chi connectivity index (χ0) is 14.1. The Balaban J connectivity index is 2.45. The number of rotatable bonds is 10. The Kier molecular flexibility index (Phi) is 7.04. The maximum Gasteiger partial charge on any atom is 0.243 e. The second-order valence-corrected chi connectivity index (χ2v) is 6.24. The predicted octanol–water partition coefficient (Wildman–Crippen LogP) is 1.12. The predicted molar refractivity (Wildman–Crippen MR) is 73.3 cm³/mol. The van der Waals surface area contributed by atoms with Crippen LogP contribution in [-0.4, -0.2) is 36.5 Å². The van der Waals surface area contributed by atoms with E-state index in [-0.39, 0.29) is 11.5 Å². The second-order valence-electron chi connectivity index (χ2n) is 4.47. The van der Waals surface area contributed by atoms with Crippen molar-refractivity contribution in [1.82, 2.24) is 14.5 Å². The third kappa shape index (κ3) is 5.71. The summed E-state index contributed by atoms with van der Waals surface area (Å²) in [5, 5.41) is 12.7. The van der Waals surface area contributed by atoms with Crippen LogP contribution in [0.25, 0.3) is 0 Å². The Hall–Kier alpha value is -0.920. The van der Waals surface area contributed by atoms with E-state index in [1.165, 1.54) is 17.1 Å². The monoisotopic (exact) mass is 289 g/mol. The zero-order valence-corrected chi connectivity index (χ0v) is 12.2. The molecule has 0 aliphatic heterocycles. The molecule has 1 aromatic heterocycles. The summed E-state index contributed by atoms with van der Waals surface area (Å²) in [6.07, 6.45) is 7.53. The van der Waals surface area contributed by atoms with Crippen LogP contribution in [-0.2, 0) is 16.6 Å². The maximum absolute atomic E-state index is 11.9. The van der Waals surface area contributed by atoms with Crippen LogP contribution in [0.15, 0.2) is 17.3 Å². The van der Waals surface area contributed by atoms with Crippen LogP contribution >= 0.6 is 0 Å². The summed E-state index contributed by atoms with van der Waals surface area (Å²) in [4.78, 5) is 0.181. The Bertz CT molecular complexity index is 457. The first-order chi connectivity index (χ1) is 9.10. The number of unbranched alkanes of at least 4 members (excludes halogenated alkanes) is 3. The summed E-state index contributed by atoms with van der Waals surface area (Å²) in [5.74, 6) is 0. The normalized spacial score (nSPS) is 11.9. The molecule has 0 radical (unpaired) electrons. The van der Waals surface area contributed by atoms with Gasteiger partial charge in [0.1, 0.15) is 4.90 Å². The molecule has 6 nitrogen and oxygen atoms in total. The van der Waals surface area contributed by atoms with Crippen molar-refractivity contribution in [2.24, 2.45) is 0 Å². The number of nitrogens with one attached hydrogen (secondary N) is 1. The molecule has 1 rings (SSSR count). The lowest BCUT2D eigenvalue weighted by atomic mass is 10.2. The third-order valence-electron chi connectivity index (χ3n) is 2.79. The van der Waals surface area contributed by atoms with Crippen LogP contribution in [0.3, 0.4) is 0 Å². The van der Waals surface area contributed by atoms with Crippen molar-refractivity contribution in [1.29, 1.82) is 0 Å². The molecule has 0 saturated carbocycles. The Morgan fingerprint density at radius 3 is 2.79 bits per heavy atom. The zero-order valence-electron chi connectivity index (χ0n) is 11.4. The summed E-state index contributed by atoms with van der Waals surface area (Å²) in [7, 11) is -3.45. The molecule has 0 spiro atoms. The van der Waals surface area contributed by atoms with Gasteiger partial charge in [-0.15, -0.1) is 0 Å². The Morgan fingerprint density at radius 1 is 1.32 bits per heavy atom. The third-order valence-corrected chi connectivity index (χ3v) is 4.20. The maximum atomic E-state index is 11.9. The highest BCUT2D eigenvalue weighted by Gasteiger charge is 2.15. The number of hydrogen-bond acceptors (Lipinski definition) is 4. The van der Waals surface area contributed by atoms with Gasteiger partial charge in [-0.05, 0) is 12.8 Å². The molecule has 1 aromatic rings.